The van der Waals surface area contributed by atoms with Crippen LogP contribution in [0.4, 0.5) is 5.88 Å². The Bertz CT molecular complexity index is 919. The first kappa shape index (κ1) is 19.9. The molecule has 3 heterocycles. The van der Waals surface area contributed by atoms with Crippen LogP contribution in [0, 0.1) is 0 Å². The second kappa shape index (κ2) is 8.98. The molecule has 156 valence electrons. The van der Waals surface area contributed by atoms with Crippen molar-refractivity contribution in [1.82, 2.24) is 4.90 Å². The molecule has 2 aromatic rings. The molecule has 7 heteroatoms. The maximum Gasteiger partial charge on any atom is 0.200 e. The third-order valence-corrected chi connectivity index (χ3v) is 5.76. The quantitative estimate of drug-likeness (QED) is 0.763. The number of benzene rings is 1. The summed E-state index contributed by atoms with van der Waals surface area (Å²) in [5, 5.41) is 9.98. The first-order chi connectivity index (χ1) is 14.2. The summed E-state index contributed by atoms with van der Waals surface area (Å²) in [5.74, 6) is 1.20. The summed E-state index contributed by atoms with van der Waals surface area (Å²) in [6.45, 7) is 8.93. The van der Waals surface area contributed by atoms with Gasteiger partial charge in [0, 0.05) is 31.7 Å². The molecule has 1 aromatic carbocycles. The third-order valence-electron chi connectivity index (χ3n) is 5.76. The molecule has 1 aromatic heterocycles. The van der Waals surface area contributed by atoms with Crippen molar-refractivity contribution in [3.05, 3.63) is 40.6 Å². The minimum Gasteiger partial charge on any atom is -0.491 e. The number of fused-ring (bicyclic) bond motifs is 1. The summed E-state index contributed by atoms with van der Waals surface area (Å²) in [7, 11) is 0. The van der Waals surface area contributed by atoms with Gasteiger partial charge in [-0.25, -0.2) is 0 Å². The number of ether oxygens (including phenoxy) is 2. The van der Waals surface area contributed by atoms with E-state index in [9.17, 15) is 9.90 Å². The molecule has 0 amide bonds. The van der Waals surface area contributed by atoms with Crippen molar-refractivity contribution in [3.63, 3.8) is 0 Å². The second-order valence-corrected chi connectivity index (χ2v) is 7.47. The SMILES string of the molecule is C=Cc1c(OCCN2CCC[C@@H]2CO)ccc2c(=O)cc(N3CCOCC3)oc12. The Balaban J connectivity index is 1.57. The predicted octanol–water partition coefficient (Wildman–Crippen LogP) is 2.11. The maximum atomic E-state index is 12.7. The van der Waals surface area contributed by atoms with Crippen molar-refractivity contribution in [1.29, 1.82) is 0 Å². The summed E-state index contributed by atoms with van der Waals surface area (Å²) >= 11 is 0. The average Bonchev–Trinajstić information content (AvgIpc) is 3.21. The molecule has 0 saturated carbocycles. The van der Waals surface area contributed by atoms with Crippen LogP contribution in [0.3, 0.4) is 0 Å². The Kier molecular flexibility index (Phi) is 6.18. The van der Waals surface area contributed by atoms with Crippen LogP contribution in [-0.2, 0) is 4.74 Å². The molecule has 29 heavy (non-hydrogen) atoms. The molecule has 0 spiro atoms. The maximum absolute atomic E-state index is 12.7. The highest BCUT2D eigenvalue weighted by molar-refractivity contribution is 5.88. The molecule has 2 saturated heterocycles. The molecule has 0 radical (unpaired) electrons. The van der Waals surface area contributed by atoms with Gasteiger partial charge in [0.2, 0.25) is 0 Å². The number of nitrogens with zero attached hydrogens (tertiary/aromatic N) is 2. The van der Waals surface area contributed by atoms with Crippen molar-refractivity contribution in [3.8, 4) is 5.75 Å². The lowest BCUT2D eigenvalue weighted by Crippen LogP contribution is -2.36. The zero-order valence-electron chi connectivity index (χ0n) is 16.6. The van der Waals surface area contributed by atoms with Crippen LogP contribution in [0.1, 0.15) is 18.4 Å². The number of hydrogen-bond acceptors (Lipinski definition) is 7. The number of aliphatic hydroxyl groups excluding tert-OH is 1. The number of likely N-dealkylation sites (tertiary alicyclic amines) is 1. The topological polar surface area (TPSA) is 75.4 Å². The van der Waals surface area contributed by atoms with Gasteiger partial charge in [0.1, 0.15) is 12.4 Å². The molecule has 2 aliphatic heterocycles. The molecule has 2 aliphatic rings. The van der Waals surface area contributed by atoms with Gasteiger partial charge >= 0.3 is 0 Å². The Morgan fingerprint density at radius 2 is 2.10 bits per heavy atom. The normalized spacial score (nSPS) is 20.3. The van der Waals surface area contributed by atoms with Crippen LogP contribution in [0.25, 0.3) is 17.0 Å². The number of rotatable bonds is 7. The standard InChI is InChI=1S/C22H28N2O5/c1-2-17-20(28-13-10-23-7-3-4-16(23)15-25)6-5-18-19(26)14-21(29-22(17)18)24-8-11-27-12-9-24/h2,5-6,14,16,25H,1,3-4,7-13,15H2/t16-/m1/s1. The fourth-order valence-electron chi connectivity index (χ4n) is 4.14. The Labute approximate surface area is 170 Å². The van der Waals surface area contributed by atoms with Gasteiger partial charge < -0.3 is 23.9 Å². The van der Waals surface area contributed by atoms with E-state index in [0.717, 1.165) is 25.9 Å². The first-order valence-corrected chi connectivity index (χ1v) is 10.2. The van der Waals surface area contributed by atoms with Crippen molar-refractivity contribution in [2.45, 2.75) is 18.9 Å². The number of morpholine rings is 1. The number of hydrogen-bond donors (Lipinski definition) is 1. The Morgan fingerprint density at radius 3 is 2.86 bits per heavy atom. The summed E-state index contributed by atoms with van der Waals surface area (Å²) < 4.78 is 17.5. The lowest BCUT2D eigenvalue weighted by molar-refractivity contribution is 0.121. The van der Waals surface area contributed by atoms with Crippen molar-refractivity contribution in [2.75, 3.05) is 57.5 Å². The fraction of sp³-hybridized carbons (Fsp3) is 0.500. The van der Waals surface area contributed by atoms with Crippen LogP contribution in [0.2, 0.25) is 0 Å². The smallest absolute Gasteiger partial charge is 0.200 e. The highest BCUT2D eigenvalue weighted by Crippen LogP contribution is 2.30. The van der Waals surface area contributed by atoms with Gasteiger partial charge in [-0.3, -0.25) is 9.69 Å². The summed E-state index contributed by atoms with van der Waals surface area (Å²) in [6.07, 6.45) is 3.81. The molecular weight excluding hydrogens is 372 g/mol. The minimum absolute atomic E-state index is 0.0785. The van der Waals surface area contributed by atoms with Gasteiger partial charge in [-0.1, -0.05) is 12.7 Å². The Morgan fingerprint density at radius 1 is 1.28 bits per heavy atom. The van der Waals surface area contributed by atoms with Gasteiger partial charge in [0.05, 0.1) is 30.8 Å². The average molecular weight is 400 g/mol. The van der Waals surface area contributed by atoms with E-state index in [-0.39, 0.29) is 18.1 Å². The minimum atomic E-state index is -0.0785. The fourth-order valence-corrected chi connectivity index (χ4v) is 4.14. The van der Waals surface area contributed by atoms with Gasteiger partial charge in [-0.05, 0) is 31.5 Å². The third kappa shape index (κ3) is 4.17. The monoisotopic (exact) mass is 400 g/mol. The zero-order chi connectivity index (χ0) is 20.2. The summed E-state index contributed by atoms with van der Waals surface area (Å²) in [6, 6.07) is 5.32. The summed E-state index contributed by atoms with van der Waals surface area (Å²) in [5.41, 5.74) is 1.11. The molecule has 4 rings (SSSR count). The van der Waals surface area contributed by atoms with Crippen molar-refractivity contribution in [2.24, 2.45) is 0 Å². The zero-order valence-corrected chi connectivity index (χ0v) is 16.6. The molecule has 0 unspecified atom stereocenters. The highest BCUT2D eigenvalue weighted by atomic mass is 16.5. The lowest BCUT2D eigenvalue weighted by Gasteiger charge is -2.27. The van der Waals surface area contributed by atoms with Gasteiger partial charge in [-0.15, -0.1) is 0 Å². The summed E-state index contributed by atoms with van der Waals surface area (Å²) in [4.78, 5) is 16.9. The lowest BCUT2D eigenvalue weighted by atomic mass is 10.1. The highest BCUT2D eigenvalue weighted by Gasteiger charge is 2.23. The van der Waals surface area contributed by atoms with E-state index >= 15 is 0 Å². The van der Waals surface area contributed by atoms with E-state index in [0.29, 0.717) is 61.1 Å². The largest absolute Gasteiger partial charge is 0.491 e. The molecule has 0 aliphatic carbocycles. The number of aliphatic hydroxyl groups is 1. The van der Waals surface area contributed by atoms with E-state index < -0.39 is 0 Å². The van der Waals surface area contributed by atoms with Crippen LogP contribution >= 0.6 is 0 Å². The second-order valence-electron chi connectivity index (χ2n) is 7.47. The van der Waals surface area contributed by atoms with E-state index in [1.54, 1.807) is 24.3 Å². The van der Waals surface area contributed by atoms with Gasteiger partial charge in [-0.2, -0.15) is 0 Å². The molecular formula is C22H28N2O5. The van der Waals surface area contributed by atoms with E-state index in [1.165, 1.54) is 0 Å². The number of anilines is 1. The van der Waals surface area contributed by atoms with E-state index in [1.807, 2.05) is 4.90 Å². The van der Waals surface area contributed by atoms with Gasteiger partial charge in [0.15, 0.2) is 16.9 Å². The van der Waals surface area contributed by atoms with Crippen molar-refractivity contribution >= 4 is 22.9 Å². The molecule has 2 fully saturated rings. The van der Waals surface area contributed by atoms with E-state index in [4.69, 9.17) is 13.9 Å². The van der Waals surface area contributed by atoms with Gasteiger partial charge in [0.25, 0.3) is 0 Å². The molecule has 1 N–H and O–H groups in total. The van der Waals surface area contributed by atoms with Crippen LogP contribution in [0.5, 0.6) is 5.75 Å². The molecule has 0 bridgehead atoms. The van der Waals surface area contributed by atoms with Crippen LogP contribution in [-0.4, -0.2) is 68.7 Å². The van der Waals surface area contributed by atoms with Crippen molar-refractivity contribution < 1.29 is 19.0 Å². The van der Waals surface area contributed by atoms with E-state index in [2.05, 4.69) is 11.5 Å². The predicted molar refractivity (Wildman–Crippen MR) is 113 cm³/mol. The van der Waals surface area contributed by atoms with Crippen LogP contribution < -0.4 is 15.1 Å². The molecule has 7 nitrogen and oxygen atoms in total. The van der Waals surface area contributed by atoms with Crippen LogP contribution in [0.15, 0.2) is 34.0 Å². The molecule has 1 atom stereocenters. The Hall–Kier alpha value is -2.35. The first-order valence-electron chi connectivity index (χ1n) is 10.2.